The van der Waals surface area contributed by atoms with Crippen molar-refractivity contribution >= 4 is 22.9 Å². The van der Waals surface area contributed by atoms with Crippen molar-refractivity contribution in [2.45, 2.75) is 12.1 Å². The van der Waals surface area contributed by atoms with Crippen molar-refractivity contribution in [3.05, 3.63) is 60.6 Å². The molecule has 1 aromatic carbocycles. The molecule has 0 amide bonds. The van der Waals surface area contributed by atoms with Gasteiger partial charge in [0.15, 0.2) is 5.82 Å². The van der Waals surface area contributed by atoms with Crippen molar-refractivity contribution in [2.24, 2.45) is 0 Å². The zero-order valence-corrected chi connectivity index (χ0v) is 16.0. The molecule has 0 aliphatic carbocycles. The Kier molecular flexibility index (Phi) is 3.98. The molecule has 0 N–H and O–H groups in total. The summed E-state index contributed by atoms with van der Waals surface area (Å²) in [4.78, 5) is 9.38. The van der Waals surface area contributed by atoms with E-state index in [1.165, 1.54) is 11.8 Å². The highest BCUT2D eigenvalue weighted by Crippen LogP contribution is 2.37. The fraction of sp³-hybridized carbons (Fsp3) is 0.100. The van der Waals surface area contributed by atoms with Crippen molar-refractivity contribution in [3.8, 4) is 28.7 Å². The van der Waals surface area contributed by atoms with E-state index in [0.29, 0.717) is 28.4 Å². The Bertz CT molecular complexity index is 1260. The number of hydrogen-bond acceptors (Lipinski definition) is 7. The van der Waals surface area contributed by atoms with Crippen LogP contribution < -0.4 is 0 Å². The summed E-state index contributed by atoms with van der Waals surface area (Å²) in [6, 6.07) is 13.7. The van der Waals surface area contributed by atoms with Crippen molar-refractivity contribution < 1.29 is 8.83 Å². The highest BCUT2D eigenvalue weighted by atomic mass is 32.2. The van der Waals surface area contributed by atoms with Crippen molar-refractivity contribution in [3.63, 3.8) is 0 Å². The first-order valence-corrected chi connectivity index (χ1v) is 9.85. The standard InChI is InChI=1S/C20H15N5O2S/c1-12-14-15(25-10-6-7-11-25)16(19-23-24-20(27-19)28-2)26-18(14)22-17(21-12)13-8-4-3-5-9-13/h3-11H,1-2H3. The van der Waals surface area contributed by atoms with E-state index in [4.69, 9.17) is 13.8 Å². The molecule has 28 heavy (non-hydrogen) atoms. The van der Waals surface area contributed by atoms with E-state index in [-0.39, 0.29) is 0 Å². The van der Waals surface area contributed by atoms with E-state index in [1.807, 2.05) is 72.6 Å². The zero-order valence-electron chi connectivity index (χ0n) is 15.2. The SMILES string of the molecule is CSc1nnc(-c2oc3nc(-c4ccccc4)nc(C)c3c2-n2cccc2)o1. The number of nitrogens with zero attached hydrogens (tertiary/aromatic N) is 5. The molecule has 0 atom stereocenters. The van der Waals surface area contributed by atoms with Crippen LogP contribution in [0, 0.1) is 6.92 Å². The molecule has 0 fully saturated rings. The summed E-state index contributed by atoms with van der Waals surface area (Å²) in [7, 11) is 0. The number of hydrogen-bond donors (Lipinski definition) is 0. The molecule has 0 unspecified atom stereocenters. The van der Waals surface area contributed by atoms with Crippen LogP contribution in [0.4, 0.5) is 0 Å². The second-order valence-corrected chi connectivity index (χ2v) is 6.88. The minimum atomic E-state index is 0.312. The predicted octanol–water partition coefficient (Wildman–Crippen LogP) is 4.76. The van der Waals surface area contributed by atoms with Gasteiger partial charge in [-0.15, -0.1) is 10.2 Å². The lowest BCUT2D eigenvalue weighted by Gasteiger charge is -2.05. The molecule has 138 valence electrons. The van der Waals surface area contributed by atoms with Gasteiger partial charge >= 0.3 is 0 Å². The summed E-state index contributed by atoms with van der Waals surface area (Å²) in [5.41, 5.74) is 3.00. The van der Waals surface area contributed by atoms with Crippen LogP contribution in [0.1, 0.15) is 5.69 Å². The van der Waals surface area contributed by atoms with Gasteiger partial charge in [-0.1, -0.05) is 42.1 Å². The van der Waals surface area contributed by atoms with E-state index in [9.17, 15) is 0 Å². The topological polar surface area (TPSA) is 82.8 Å². The Morgan fingerprint density at radius 1 is 0.929 bits per heavy atom. The smallest absolute Gasteiger partial charge is 0.286 e. The number of aryl methyl sites for hydroxylation is 1. The molecular weight excluding hydrogens is 374 g/mol. The first kappa shape index (κ1) is 16.8. The summed E-state index contributed by atoms with van der Waals surface area (Å²) in [6.07, 6.45) is 5.75. The summed E-state index contributed by atoms with van der Waals surface area (Å²) >= 11 is 1.38. The van der Waals surface area contributed by atoms with Crippen LogP contribution in [0.2, 0.25) is 0 Å². The van der Waals surface area contributed by atoms with Gasteiger partial charge in [0.2, 0.25) is 11.5 Å². The maximum atomic E-state index is 6.13. The van der Waals surface area contributed by atoms with Crippen molar-refractivity contribution in [1.82, 2.24) is 24.7 Å². The molecule has 0 aliphatic rings. The number of aromatic nitrogens is 5. The summed E-state index contributed by atoms with van der Waals surface area (Å²) < 4.78 is 13.8. The number of benzene rings is 1. The minimum Gasteiger partial charge on any atom is -0.430 e. The minimum absolute atomic E-state index is 0.312. The molecule has 5 rings (SSSR count). The van der Waals surface area contributed by atoms with E-state index in [2.05, 4.69) is 15.2 Å². The lowest BCUT2D eigenvalue weighted by atomic mass is 10.2. The average molecular weight is 389 g/mol. The van der Waals surface area contributed by atoms with Gasteiger partial charge in [-0.3, -0.25) is 0 Å². The molecule has 0 bridgehead atoms. The third-order valence-corrected chi connectivity index (χ3v) is 4.89. The van der Waals surface area contributed by atoms with Crippen LogP contribution in [0.5, 0.6) is 0 Å². The van der Waals surface area contributed by atoms with Gasteiger partial charge in [-0.05, 0) is 25.3 Å². The molecule has 5 aromatic rings. The van der Waals surface area contributed by atoms with Crippen molar-refractivity contribution in [2.75, 3.05) is 6.26 Å². The average Bonchev–Trinajstić information content (AvgIpc) is 3.46. The van der Waals surface area contributed by atoms with E-state index in [0.717, 1.165) is 22.3 Å². The van der Waals surface area contributed by atoms with Crippen molar-refractivity contribution in [1.29, 1.82) is 0 Å². The number of thioether (sulfide) groups is 1. The molecule has 4 aromatic heterocycles. The zero-order chi connectivity index (χ0) is 19.1. The predicted molar refractivity (Wildman–Crippen MR) is 106 cm³/mol. The van der Waals surface area contributed by atoms with Crippen LogP contribution in [0.3, 0.4) is 0 Å². The second kappa shape index (κ2) is 6.65. The fourth-order valence-electron chi connectivity index (χ4n) is 3.13. The summed E-state index contributed by atoms with van der Waals surface area (Å²) in [6.45, 7) is 1.95. The van der Waals surface area contributed by atoms with Gasteiger partial charge in [-0.2, -0.15) is 4.98 Å². The Hall–Kier alpha value is -3.39. The Labute approximate surface area is 164 Å². The van der Waals surface area contributed by atoms with Crippen LogP contribution in [0.15, 0.2) is 68.9 Å². The molecule has 4 heterocycles. The molecule has 0 radical (unpaired) electrons. The number of fused-ring (bicyclic) bond motifs is 1. The van der Waals surface area contributed by atoms with E-state index >= 15 is 0 Å². The first-order chi connectivity index (χ1) is 13.7. The van der Waals surface area contributed by atoms with Gasteiger partial charge < -0.3 is 13.4 Å². The lowest BCUT2D eigenvalue weighted by Crippen LogP contribution is -1.96. The Morgan fingerprint density at radius 2 is 1.71 bits per heavy atom. The molecule has 0 aliphatic heterocycles. The molecule has 8 heteroatoms. The van der Waals surface area contributed by atoms with Crippen LogP contribution in [0.25, 0.3) is 39.8 Å². The molecule has 7 nitrogen and oxygen atoms in total. The van der Waals surface area contributed by atoms with Gasteiger partial charge in [0.25, 0.3) is 11.1 Å². The summed E-state index contributed by atoms with van der Waals surface area (Å²) in [5, 5.41) is 9.46. The van der Waals surface area contributed by atoms with Crippen LogP contribution >= 0.6 is 11.8 Å². The normalized spacial score (nSPS) is 11.4. The first-order valence-electron chi connectivity index (χ1n) is 8.62. The highest BCUT2D eigenvalue weighted by molar-refractivity contribution is 7.98. The fourth-order valence-corrected chi connectivity index (χ4v) is 3.41. The molecule has 0 spiro atoms. The van der Waals surface area contributed by atoms with E-state index < -0.39 is 0 Å². The maximum Gasteiger partial charge on any atom is 0.286 e. The van der Waals surface area contributed by atoms with E-state index in [1.54, 1.807) is 0 Å². The number of furan rings is 1. The van der Waals surface area contributed by atoms with Crippen LogP contribution in [-0.2, 0) is 0 Å². The maximum absolute atomic E-state index is 6.13. The second-order valence-electron chi connectivity index (χ2n) is 6.13. The van der Waals surface area contributed by atoms with Gasteiger partial charge in [0.1, 0.15) is 5.69 Å². The molecular formula is C20H15N5O2S. The van der Waals surface area contributed by atoms with Gasteiger partial charge in [-0.25, -0.2) is 4.98 Å². The van der Waals surface area contributed by atoms with Crippen LogP contribution in [-0.4, -0.2) is 31.0 Å². The third kappa shape index (κ3) is 2.69. The highest BCUT2D eigenvalue weighted by Gasteiger charge is 2.25. The summed E-state index contributed by atoms with van der Waals surface area (Å²) in [5.74, 6) is 1.40. The Morgan fingerprint density at radius 3 is 2.43 bits per heavy atom. The quantitative estimate of drug-likeness (QED) is 0.410. The molecule has 0 saturated heterocycles. The monoisotopic (exact) mass is 389 g/mol. The largest absolute Gasteiger partial charge is 0.430 e. The number of rotatable bonds is 4. The lowest BCUT2D eigenvalue weighted by molar-refractivity contribution is 0.451. The third-order valence-electron chi connectivity index (χ3n) is 4.38. The van der Waals surface area contributed by atoms with Gasteiger partial charge in [0, 0.05) is 18.0 Å². The van der Waals surface area contributed by atoms with Gasteiger partial charge in [0.05, 0.1) is 11.1 Å². The molecule has 0 saturated carbocycles. The Balaban J connectivity index is 1.79.